The lowest BCUT2D eigenvalue weighted by Gasteiger charge is -2.21. The molecular formula is C21H27ClN2O3. The first-order valence-corrected chi connectivity index (χ1v) is 9.54. The first kappa shape index (κ1) is 21.1. The highest BCUT2D eigenvalue weighted by Crippen LogP contribution is 2.30. The van der Waals surface area contributed by atoms with Crippen molar-refractivity contribution in [2.24, 2.45) is 0 Å². The second kappa shape index (κ2) is 10.2. The Morgan fingerprint density at radius 2 is 1.63 bits per heavy atom. The zero-order chi connectivity index (χ0) is 19.8. The maximum absolute atomic E-state index is 12.4. The lowest BCUT2D eigenvalue weighted by molar-refractivity contribution is -0.117. The largest absolute Gasteiger partial charge is 0.490 e. The van der Waals surface area contributed by atoms with E-state index in [4.69, 9.17) is 21.1 Å². The van der Waals surface area contributed by atoms with E-state index < -0.39 is 0 Å². The van der Waals surface area contributed by atoms with Gasteiger partial charge in [0.25, 0.3) is 0 Å². The molecule has 0 aromatic heterocycles. The minimum absolute atomic E-state index is 0.0362. The average molecular weight is 391 g/mol. The summed E-state index contributed by atoms with van der Waals surface area (Å²) >= 11 is 5.87. The lowest BCUT2D eigenvalue weighted by atomic mass is 10.1. The Labute approximate surface area is 166 Å². The Bertz CT molecular complexity index is 750. The Balaban J connectivity index is 2.02. The van der Waals surface area contributed by atoms with E-state index in [-0.39, 0.29) is 18.0 Å². The molecule has 0 fully saturated rings. The summed E-state index contributed by atoms with van der Waals surface area (Å²) in [7, 11) is 0. The van der Waals surface area contributed by atoms with Crippen LogP contribution in [-0.4, -0.2) is 25.2 Å². The summed E-state index contributed by atoms with van der Waals surface area (Å²) in [5, 5.41) is 6.83. The van der Waals surface area contributed by atoms with Crippen LogP contribution in [0.5, 0.6) is 11.5 Å². The van der Waals surface area contributed by atoms with Gasteiger partial charge >= 0.3 is 0 Å². The summed E-state index contributed by atoms with van der Waals surface area (Å²) in [6, 6.07) is 12.5. The molecule has 2 aromatic carbocycles. The number of rotatable bonds is 9. The third kappa shape index (κ3) is 6.15. The van der Waals surface area contributed by atoms with E-state index in [1.54, 1.807) is 24.3 Å². The van der Waals surface area contributed by atoms with Crippen molar-refractivity contribution in [1.82, 2.24) is 5.32 Å². The van der Waals surface area contributed by atoms with Gasteiger partial charge in [0, 0.05) is 16.8 Å². The molecule has 2 N–H and O–H groups in total. The molecule has 0 radical (unpaired) electrons. The third-order valence-corrected chi connectivity index (χ3v) is 4.32. The van der Waals surface area contributed by atoms with Gasteiger partial charge in [0.2, 0.25) is 5.91 Å². The minimum Gasteiger partial charge on any atom is -0.490 e. The fourth-order valence-electron chi connectivity index (χ4n) is 2.67. The van der Waals surface area contributed by atoms with Crippen LogP contribution < -0.4 is 20.1 Å². The van der Waals surface area contributed by atoms with Crippen LogP contribution >= 0.6 is 11.6 Å². The molecule has 0 spiro atoms. The number of amides is 1. The highest BCUT2D eigenvalue weighted by Gasteiger charge is 2.18. The van der Waals surface area contributed by atoms with Gasteiger partial charge in [0.1, 0.15) is 0 Å². The van der Waals surface area contributed by atoms with Crippen LogP contribution in [0.15, 0.2) is 42.5 Å². The number of nitrogens with one attached hydrogen (secondary N) is 2. The molecule has 0 saturated heterocycles. The van der Waals surface area contributed by atoms with Crippen LogP contribution in [0.4, 0.5) is 5.69 Å². The quantitative estimate of drug-likeness (QED) is 0.644. The van der Waals surface area contributed by atoms with Gasteiger partial charge < -0.3 is 14.8 Å². The van der Waals surface area contributed by atoms with Crippen LogP contribution in [0.1, 0.15) is 39.3 Å². The molecule has 0 aliphatic rings. The van der Waals surface area contributed by atoms with Crippen LogP contribution in [0.3, 0.4) is 0 Å². The molecule has 0 aliphatic carbocycles. The second-order valence-electron chi connectivity index (χ2n) is 6.18. The molecule has 0 heterocycles. The first-order chi connectivity index (χ1) is 12.9. The van der Waals surface area contributed by atoms with Crippen molar-refractivity contribution in [3.05, 3.63) is 53.1 Å². The normalized spacial score (nSPS) is 12.9. The topological polar surface area (TPSA) is 59.6 Å². The van der Waals surface area contributed by atoms with Gasteiger partial charge in [-0.1, -0.05) is 17.7 Å². The van der Waals surface area contributed by atoms with Gasteiger partial charge in [-0.3, -0.25) is 10.1 Å². The molecule has 2 rings (SSSR count). The number of hydrogen-bond donors (Lipinski definition) is 2. The molecule has 2 aromatic rings. The van der Waals surface area contributed by atoms with Gasteiger partial charge in [0.05, 0.1) is 19.3 Å². The van der Waals surface area contributed by atoms with E-state index in [0.29, 0.717) is 29.7 Å². The standard InChI is InChI=1S/C21H27ClN2O3/c1-5-26-19-12-7-16(13-20(19)27-6-2)14(3)23-15(4)21(25)24-18-10-8-17(22)9-11-18/h7-15,23H,5-6H2,1-4H3,(H,24,25)/t14-,15+/m1/s1. The van der Waals surface area contributed by atoms with Crippen molar-refractivity contribution in [2.45, 2.75) is 39.8 Å². The summed E-state index contributed by atoms with van der Waals surface area (Å²) in [6.07, 6.45) is 0. The van der Waals surface area contributed by atoms with E-state index in [0.717, 1.165) is 11.3 Å². The van der Waals surface area contributed by atoms with Crippen LogP contribution in [0, 0.1) is 0 Å². The monoisotopic (exact) mass is 390 g/mol. The van der Waals surface area contributed by atoms with E-state index in [9.17, 15) is 4.79 Å². The average Bonchev–Trinajstić information content (AvgIpc) is 2.65. The predicted molar refractivity (Wildman–Crippen MR) is 110 cm³/mol. The van der Waals surface area contributed by atoms with Crippen LogP contribution in [0.2, 0.25) is 5.02 Å². The fraction of sp³-hybridized carbons (Fsp3) is 0.381. The minimum atomic E-state index is -0.377. The van der Waals surface area contributed by atoms with Crippen molar-refractivity contribution < 1.29 is 14.3 Å². The number of carbonyl (C=O) groups excluding carboxylic acids is 1. The van der Waals surface area contributed by atoms with Gasteiger partial charge in [-0.2, -0.15) is 0 Å². The Kier molecular flexibility index (Phi) is 7.95. The van der Waals surface area contributed by atoms with Crippen molar-refractivity contribution in [2.75, 3.05) is 18.5 Å². The molecule has 5 nitrogen and oxygen atoms in total. The molecule has 0 aliphatic heterocycles. The van der Waals surface area contributed by atoms with Crippen molar-refractivity contribution >= 4 is 23.2 Å². The van der Waals surface area contributed by atoms with Crippen LogP contribution in [-0.2, 0) is 4.79 Å². The first-order valence-electron chi connectivity index (χ1n) is 9.16. The Morgan fingerprint density at radius 3 is 2.26 bits per heavy atom. The zero-order valence-electron chi connectivity index (χ0n) is 16.2. The molecule has 27 heavy (non-hydrogen) atoms. The molecule has 0 saturated carbocycles. The molecule has 146 valence electrons. The predicted octanol–water partition coefficient (Wildman–Crippen LogP) is 4.82. The Morgan fingerprint density at radius 1 is 1.00 bits per heavy atom. The highest BCUT2D eigenvalue weighted by atomic mass is 35.5. The maximum Gasteiger partial charge on any atom is 0.241 e. The van der Waals surface area contributed by atoms with E-state index in [1.165, 1.54) is 0 Å². The molecule has 1 amide bonds. The molecule has 6 heteroatoms. The smallest absolute Gasteiger partial charge is 0.241 e. The van der Waals surface area contributed by atoms with Gasteiger partial charge in [-0.15, -0.1) is 0 Å². The number of ether oxygens (including phenoxy) is 2. The summed E-state index contributed by atoms with van der Waals surface area (Å²) in [4.78, 5) is 12.4. The fourth-order valence-corrected chi connectivity index (χ4v) is 2.79. The summed E-state index contributed by atoms with van der Waals surface area (Å²) < 4.78 is 11.3. The highest BCUT2D eigenvalue weighted by molar-refractivity contribution is 6.30. The number of halogens is 1. The molecule has 2 atom stereocenters. The molecule has 0 unspecified atom stereocenters. The number of benzene rings is 2. The number of hydrogen-bond acceptors (Lipinski definition) is 4. The third-order valence-electron chi connectivity index (χ3n) is 4.07. The Hall–Kier alpha value is -2.24. The van der Waals surface area contributed by atoms with Crippen molar-refractivity contribution in [3.8, 4) is 11.5 Å². The van der Waals surface area contributed by atoms with Crippen molar-refractivity contribution in [1.29, 1.82) is 0 Å². The van der Waals surface area contributed by atoms with E-state index in [2.05, 4.69) is 10.6 Å². The van der Waals surface area contributed by atoms with Crippen LogP contribution in [0.25, 0.3) is 0 Å². The van der Waals surface area contributed by atoms with Crippen molar-refractivity contribution in [3.63, 3.8) is 0 Å². The summed E-state index contributed by atoms with van der Waals surface area (Å²) in [6.45, 7) is 8.86. The lowest BCUT2D eigenvalue weighted by Crippen LogP contribution is -2.39. The summed E-state index contributed by atoms with van der Waals surface area (Å²) in [5.41, 5.74) is 1.73. The molecule has 0 bridgehead atoms. The van der Waals surface area contributed by atoms with Gasteiger partial charge in [-0.25, -0.2) is 0 Å². The van der Waals surface area contributed by atoms with E-state index in [1.807, 2.05) is 45.9 Å². The zero-order valence-corrected chi connectivity index (χ0v) is 17.0. The number of carbonyl (C=O) groups is 1. The van der Waals surface area contributed by atoms with Gasteiger partial charge in [0.15, 0.2) is 11.5 Å². The second-order valence-corrected chi connectivity index (χ2v) is 6.61. The van der Waals surface area contributed by atoms with Gasteiger partial charge in [-0.05, 0) is 69.7 Å². The number of anilines is 1. The molecular weight excluding hydrogens is 364 g/mol. The SMILES string of the molecule is CCOc1ccc([C@@H](C)N[C@@H](C)C(=O)Nc2ccc(Cl)cc2)cc1OCC. The summed E-state index contributed by atoms with van der Waals surface area (Å²) in [5.74, 6) is 1.33. The van der Waals surface area contributed by atoms with E-state index >= 15 is 0 Å². The maximum atomic E-state index is 12.4.